The molecule has 0 aliphatic heterocycles. The maximum Gasteiger partial charge on any atom is 0.134 e. The molecule has 0 atom stereocenters. The summed E-state index contributed by atoms with van der Waals surface area (Å²) in [6.07, 6.45) is 9.43. The zero-order valence-electron chi connectivity index (χ0n) is 20.1. The first-order chi connectivity index (χ1) is 16.3. The first-order valence-electron chi connectivity index (χ1n) is 12.1. The number of carbonyl (C=O) groups excluding carboxylic acids is 1. The summed E-state index contributed by atoms with van der Waals surface area (Å²) >= 11 is 6.20. The van der Waals surface area contributed by atoms with Gasteiger partial charge in [-0.25, -0.2) is 0 Å². The molecule has 0 spiro atoms. The van der Waals surface area contributed by atoms with Gasteiger partial charge in [-0.3, -0.25) is 4.98 Å². The fourth-order valence-electron chi connectivity index (χ4n) is 5.52. The largest absolute Gasteiger partial charge is 0.506 e. The topological polar surface area (TPSA) is 56.7 Å². The SMILES string of the molecule is CN(C)C1CCC(N(C)c2c(C3(C=O)CC3)cnc3ccc(-c4ccc(O)c(Cl)c4)cc23)CC1. The Hall–Kier alpha value is -2.63. The molecule has 1 N–H and O–H groups in total. The van der Waals surface area contributed by atoms with Crippen molar-refractivity contribution in [2.45, 2.75) is 56.0 Å². The van der Waals surface area contributed by atoms with Crippen molar-refractivity contribution in [3.8, 4) is 16.9 Å². The van der Waals surface area contributed by atoms with Gasteiger partial charge in [0.05, 0.1) is 21.6 Å². The van der Waals surface area contributed by atoms with E-state index in [2.05, 4.69) is 37.0 Å². The van der Waals surface area contributed by atoms with E-state index >= 15 is 0 Å². The molecule has 178 valence electrons. The molecule has 2 saturated carbocycles. The van der Waals surface area contributed by atoms with Crippen LogP contribution in [0.4, 0.5) is 5.69 Å². The van der Waals surface area contributed by atoms with Crippen molar-refractivity contribution >= 4 is 34.5 Å². The van der Waals surface area contributed by atoms with Gasteiger partial charge in [0.1, 0.15) is 12.0 Å². The van der Waals surface area contributed by atoms with Gasteiger partial charge in [-0.2, -0.15) is 0 Å². The van der Waals surface area contributed by atoms with Crippen LogP contribution in [0, 0.1) is 0 Å². The highest BCUT2D eigenvalue weighted by Gasteiger charge is 2.47. The number of benzene rings is 2. The van der Waals surface area contributed by atoms with E-state index in [0.717, 1.165) is 65.3 Å². The van der Waals surface area contributed by atoms with Crippen LogP contribution in [0.3, 0.4) is 0 Å². The Labute approximate surface area is 206 Å². The molecule has 0 amide bonds. The van der Waals surface area contributed by atoms with Crippen LogP contribution in [0.15, 0.2) is 42.6 Å². The lowest BCUT2D eigenvalue weighted by Gasteiger charge is -2.39. The molecule has 1 aromatic heterocycles. The standard InChI is InChI=1S/C28H32ClN3O2/c1-31(2)20-6-8-21(9-7-20)32(3)27-22-14-18(19-5-11-26(34)24(29)15-19)4-10-25(22)30-16-23(27)28(17-33)12-13-28/h4-5,10-11,14-17,20-21,34H,6-9,12-13H2,1-3H3. The summed E-state index contributed by atoms with van der Waals surface area (Å²) in [5.74, 6) is 0.0746. The monoisotopic (exact) mass is 477 g/mol. The zero-order valence-corrected chi connectivity index (χ0v) is 20.8. The Morgan fingerprint density at radius 3 is 2.26 bits per heavy atom. The lowest BCUT2D eigenvalue weighted by molar-refractivity contribution is -0.109. The first-order valence-corrected chi connectivity index (χ1v) is 12.5. The second-order valence-corrected chi connectivity index (χ2v) is 10.6. The summed E-state index contributed by atoms with van der Waals surface area (Å²) in [5.41, 5.74) is 4.64. The van der Waals surface area contributed by atoms with Gasteiger partial charge in [0, 0.05) is 36.3 Å². The predicted octanol–water partition coefficient (Wildman–Crippen LogP) is 5.80. The lowest BCUT2D eigenvalue weighted by atomic mass is 9.87. The van der Waals surface area contributed by atoms with Crippen molar-refractivity contribution in [3.05, 3.63) is 53.2 Å². The number of nitrogens with zero attached hydrogens (tertiary/aromatic N) is 3. The molecule has 2 aliphatic carbocycles. The minimum Gasteiger partial charge on any atom is -0.506 e. The van der Waals surface area contributed by atoms with Gasteiger partial charge in [0.15, 0.2) is 0 Å². The number of aromatic hydroxyl groups is 1. The Bertz CT molecular complexity index is 1230. The van der Waals surface area contributed by atoms with Crippen LogP contribution < -0.4 is 4.90 Å². The van der Waals surface area contributed by atoms with Crippen LogP contribution in [-0.4, -0.2) is 54.5 Å². The van der Waals surface area contributed by atoms with Crippen molar-refractivity contribution in [1.82, 2.24) is 9.88 Å². The number of anilines is 1. The average Bonchev–Trinajstić information content (AvgIpc) is 3.65. The Morgan fingerprint density at radius 2 is 1.65 bits per heavy atom. The van der Waals surface area contributed by atoms with E-state index in [1.807, 2.05) is 24.4 Å². The van der Waals surface area contributed by atoms with Gasteiger partial charge in [-0.15, -0.1) is 0 Å². The number of carbonyl (C=O) groups is 1. The molecule has 0 radical (unpaired) electrons. The minimum absolute atomic E-state index is 0.0746. The summed E-state index contributed by atoms with van der Waals surface area (Å²) < 4.78 is 0. The van der Waals surface area contributed by atoms with Gasteiger partial charge in [-0.05, 0) is 88.0 Å². The van der Waals surface area contributed by atoms with E-state index in [1.165, 1.54) is 12.8 Å². The van der Waals surface area contributed by atoms with Crippen LogP contribution >= 0.6 is 11.6 Å². The highest BCUT2D eigenvalue weighted by atomic mass is 35.5. The average molecular weight is 478 g/mol. The predicted molar refractivity (Wildman–Crippen MR) is 139 cm³/mol. The van der Waals surface area contributed by atoms with Gasteiger partial charge >= 0.3 is 0 Å². The van der Waals surface area contributed by atoms with Crippen molar-refractivity contribution in [3.63, 3.8) is 0 Å². The number of aromatic nitrogens is 1. The molecule has 34 heavy (non-hydrogen) atoms. The van der Waals surface area contributed by atoms with Crippen LogP contribution in [0.1, 0.15) is 44.1 Å². The third kappa shape index (κ3) is 4.05. The van der Waals surface area contributed by atoms with E-state index in [4.69, 9.17) is 16.6 Å². The maximum atomic E-state index is 12.2. The van der Waals surface area contributed by atoms with Crippen molar-refractivity contribution in [2.75, 3.05) is 26.0 Å². The number of rotatable bonds is 6. The van der Waals surface area contributed by atoms with Crippen LogP contribution in [-0.2, 0) is 10.2 Å². The molecule has 2 aliphatic rings. The molecule has 5 nitrogen and oxygen atoms in total. The maximum absolute atomic E-state index is 12.2. The second-order valence-electron chi connectivity index (χ2n) is 10.2. The molecule has 2 aromatic carbocycles. The number of phenolic OH excluding ortho intramolecular Hbond substituents is 1. The molecule has 0 unspecified atom stereocenters. The third-order valence-electron chi connectivity index (χ3n) is 7.97. The Morgan fingerprint density at radius 1 is 1.00 bits per heavy atom. The van der Waals surface area contributed by atoms with E-state index in [-0.39, 0.29) is 5.75 Å². The number of pyridine rings is 1. The van der Waals surface area contributed by atoms with Crippen LogP contribution in [0.5, 0.6) is 5.75 Å². The van der Waals surface area contributed by atoms with Crippen molar-refractivity contribution in [1.29, 1.82) is 0 Å². The molecule has 6 heteroatoms. The summed E-state index contributed by atoms with van der Waals surface area (Å²) in [6.45, 7) is 0. The summed E-state index contributed by atoms with van der Waals surface area (Å²) in [7, 11) is 6.52. The number of hydrogen-bond acceptors (Lipinski definition) is 5. The summed E-state index contributed by atoms with van der Waals surface area (Å²) in [5, 5.41) is 11.2. The molecule has 1 heterocycles. The molecular weight excluding hydrogens is 446 g/mol. The molecule has 3 aromatic rings. The normalized spacial score (nSPS) is 21.6. The Balaban J connectivity index is 1.62. The number of halogens is 1. The molecule has 0 saturated heterocycles. The molecule has 0 bridgehead atoms. The fraction of sp³-hybridized carbons (Fsp3) is 0.429. The highest BCUT2D eigenvalue weighted by Crippen LogP contribution is 2.51. The van der Waals surface area contributed by atoms with E-state index in [0.29, 0.717) is 17.1 Å². The van der Waals surface area contributed by atoms with Gasteiger partial charge in [0.25, 0.3) is 0 Å². The number of phenols is 1. The quantitative estimate of drug-likeness (QED) is 0.454. The van der Waals surface area contributed by atoms with E-state index < -0.39 is 5.41 Å². The number of hydrogen-bond donors (Lipinski definition) is 1. The third-order valence-corrected chi connectivity index (χ3v) is 8.27. The van der Waals surface area contributed by atoms with Gasteiger partial charge in [0.2, 0.25) is 0 Å². The second kappa shape index (κ2) is 8.86. The van der Waals surface area contributed by atoms with Crippen molar-refractivity contribution in [2.24, 2.45) is 0 Å². The Kier molecular flexibility index (Phi) is 6.03. The summed E-state index contributed by atoms with van der Waals surface area (Å²) in [4.78, 5) is 21.7. The van der Waals surface area contributed by atoms with Gasteiger partial charge in [-0.1, -0.05) is 23.7 Å². The van der Waals surface area contributed by atoms with Crippen LogP contribution in [0.25, 0.3) is 22.0 Å². The van der Waals surface area contributed by atoms with Crippen LogP contribution in [0.2, 0.25) is 5.02 Å². The van der Waals surface area contributed by atoms with Gasteiger partial charge < -0.3 is 19.7 Å². The highest BCUT2D eigenvalue weighted by molar-refractivity contribution is 6.32. The molecule has 2 fully saturated rings. The minimum atomic E-state index is -0.413. The smallest absolute Gasteiger partial charge is 0.134 e. The van der Waals surface area contributed by atoms with E-state index in [9.17, 15) is 9.90 Å². The molecule has 5 rings (SSSR count). The zero-order chi connectivity index (χ0) is 24.0. The number of aldehydes is 1. The van der Waals surface area contributed by atoms with Crippen molar-refractivity contribution < 1.29 is 9.90 Å². The summed E-state index contributed by atoms with van der Waals surface area (Å²) in [6, 6.07) is 12.6. The molecular formula is C28H32ClN3O2. The lowest BCUT2D eigenvalue weighted by Crippen LogP contribution is -2.41. The fourth-order valence-corrected chi connectivity index (χ4v) is 5.70. The first kappa shape index (κ1) is 23.1. The number of fused-ring (bicyclic) bond motifs is 1. The van der Waals surface area contributed by atoms with E-state index in [1.54, 1.807) is 12.1 Å².